The summed E-state index contributed by atoms with van der Waals surface area (Å²) >= 11 is 0. The lowest BCUT2D eigenvalue weighted by atomic mass is 9.89. The second kappa shape index (κ2) is 8.04. The Morgan fingerprint density at radius 1 is 1.30 bits per heavy atom. The van der Waals surface area contributed by atoms with E-state index < -0.39 is 5.54 Å². The third-order valence-electron chi connectivity index (χ3n) is 3.39. The first-order chi connectivity index (χ1) is 9.54. The van der Waals surface area contributed by atoms with Crippen molar-refractivity contribution in [2.24, 2.45) is 0 Å². The van der Waals surface area contributed by atoms with Crippen LogP contribution in [0.2, 0.25) is 0 Å². The van der Waals surface area contributed by atoms with Crippen LogP contribution in [0.5, 0.6) is 0 Å². The largest absolute Gasteiger partial charge is 0.303 e. The van der Waals surface area contributed by atoms with Crippen molar-refractivity contribution in [1.29, 1.82) is 5.26 Å². The molecule has 1 rings (SSSR count). The van der Waals surface area contributed by atoms with Gasteiger partial charge in [0.15, 0.2) is 0 Å². The number of rotatable bonds is 8. The molecule has 0 bridgehead atoms. The average Bonchev–Trinajstić information content (AvgIpc) is 2.44. The molecule has 0 heterocycles. The molecule has 0 aliphatic heterocycles. The Balaban J connectivity index is 2.98. The molecule has 1 atom stereocenters. The molecule has 3 heteroatoms. The molecule has 3 nitrogen and oxygen atoms in total. The van der Waals surface area contributed by atoms with Gasteiger partial charge < -0.3 is 4.90 Å². The zero-order valence-corrected chi connectivity index (χ0v) is 13.2. The van der Waals surface area contributed by atoms with Crippen LogP contribution in [-0.4, -0.2) is 31.1 Å². The summed E-state index contributed by atoms with van der Waals surface area (Å²) in [6.07, 6.45) is 2.33. The van der Waals surface area contributed by atoms with Crippen molar-refractivity contribution in [2.45, 2.75) is 45.2 Å². The second-order valence-corrected chi connectivity index (χ2v) is 5.77. The topological polar surface area (TPSA) is 39.1 Å². The van der Waals surface area contributed by atoms with Gasteiger partial charge >= 0.3 is 0 Å². The summed E-state index contributed by atoms with van der Waals surface area (Å²) in [5, 5.41) is 13.3. The molecule has 1 N–H and O–H groups in total. The first-order valence-corrected chi connectivity index (χ1v) is 7.47. The van der Waals surface area contributed by atoms with Crippen molar-refractivity contribution in [3.63, 3.8) is 0 Å². The van der Waals surface area contributed by atoms with Crippen LogP contribution in [0.4, 0.5) is 0 Å². The van der Waals surface area contributed by atoms with E-state index in [2.05, 4.69) is 44.1 Å². The van der Waals surface area contributed by atoms with E-state index in [1.54, 1.807) is 0 Å². The highest BCUT2D eigenvalue weighted by molar-refractivity contribution is 5.32. The molecular weight excluding hydrogens is 246 g/mol. The van der Waals surface area contributed by atoms with Crippen molar-refractivity contribution in [3.05, 3.63) is 35.9 Å². The molecule has 0 spiro atoms. The van der Waals surface area contributed by atoms with Gasteiger partial charge in [0, 0.05) is 12.6 Å². The van der Waals surface area contributed by atoms with E-state index in [0.29, 0.717) is 6.54 Å². The van der Waals surface area contributed by atoms with E-state index in [-0.39, 0.29) is 6.04 Å². The van der Waals surface area contributed by atoms with E-state index >= 15 is 0 Å². The molecule has 0 fully saturated rings. The Kier molecular flexibility index (Phi) is 6.70. The summed E-state index contributed by atoms with van der Waals surface area (Å²) in [5.74, 6) is 0. The number of unbranched alkanes of at least 4 members (excludes halogenated alkanes) is 1. The molecule has 0 saturated heterocycles. The van der Waals surface area contributed by atoms with Crippen molar-refractivity contribution in [3.8, 4) is 6.07 Å². The molecule has 0 radical (unpaired) electrons. The van der Waals surface area contributed by atoms with Gasteiger partial charge in [0.05, 0.1) is 6.07 Å². The van der Waals surface area contributed by atoms with Gasteiger partial charge in [-0.05, 0) is 39.4 Å². The molecular formula is C17H27N3. The number of nitriles is 1. The lowest BCUT2D eigenvalue weighted by molar-refractivity contribution is 0.236. The highest BCUT2D eigenvalue weighted by Crippen LogP contribution is 2.22. The number of nitrogens with zero attached hydrogens (tertiary/aromatic N) is 2. The Morgan fingerprint density at radius 2 is 1.95 bits per heavy atom. The van der Waals surface area contributed by atoms with E-state index in [1.165, 1.54) is 6.42 Å². The highest BCUT2D eigenvalue weighted by Gasteiger charge is 2.33. The predicted octanol–water partition coefficient (Wildman–Crippen LogP) is 3.14. The van der Waals surface area contributed by atoms with Crippen LogP contribution in [0.1, 0.15) is 39.2 Å². The van der Waals surface area contributed by atoms with E-state index in [1.807, 2.05) is 30.3 Å². The quantitative estimate of drug-likeness (QED) is 0.791. The van der Waals surface area contributed by atoms with Gasteiger partial charge in [-0.3, -0.25) is 5.32 Å². The minimum absolute atomic E-state index is 0.259. The molecule has 110 valence electrons. The predicted molar refractivity (Wildman–Crippen MR) is 84.4 cm³/mol. The van der Waals surface area contributed by atoms with Gasteiger partial charge in [-0.25, -0.2) is 0 Å². The van der Waals surface area contributed by atoms with Crippen LogP contribution in [0.15, 0.2) is 30.3 Å². The maximum atomic E-state index is 9.81. The van der Waals surface area contributed by atoms with Crippen molar-refractivity contribution >= 4 is 0 Å². The molecule has 1 unspecified atom stereocenters. The SMILES string of the molecule is CCCCN(C)CC(C#N)(NC(C)C)c1ccccc1. The van der Waals surface area contributed by atoms with E-state index in [9.17, 15) is 5.26 Å². The lowest BCUT2D eigenvalue weighted by Gasteiger charge is -2.34. The third-order valence-corrected chi connectivity index (χ3v) is 3.39. The molecule has 20 heavy (non-hydrogen) atoms. The van der Waals surface area contributed by atoms with Crippen molar-refractivity contribution in [1.82, 2.24) is 10.2 Å². The summed E-state index contributed by atoms with van der Waals surface area (Å²) in [6, 6.07) is 12.8. The maximum Gasteiger partial charge on any atom is 0.145 e. The van der Waals surface area contributed by atoms with Gasteiger partial charge in [0.1, 0.15) is 5.54 Å². The number of hydrogen-bond acceptors (Lipinski definition) is 3. The smallest absolute Gasteiger partial charge is 0.145 e. The first-order valence-electron chi connectivity index (χ1n) is 7.47. The number of hydrogen-bond donors (Lipinski definition) is 1. The van der Waals surface area contributed by atoms with Gasteiger partial charge in [-0.15, -0.1) is 0 Å². The molecule has 0 aliphatic carbocycles. The summed E-state index contributed by atoms with van der Waals surface area (Å²) < 4.78 is 0. The van der Waals surface area contributed by atoms with Gasteiger partial charge in [-0.1, -0.05) is 43.7 Å². The van der Waals surface area contributed by atoms with Gasteiger partial charge in [0.25, 0.3) is 0 Å². The van der Waals surface area contributed by atoms with Crippen LogP contribution >= 0.6 is 0 Å². The average molecular weight is 273 g/mol. The fourth-order valence-corrected chi connectivity index (χ4v) is 2.48. The first kappa shape index (κ1) is 16.7. The Bertz CT molecular complexity index is 422. The summed E-state index contributed by atoms with van der Waals surface area (Å²) in [4.78, 5) is 2.25. The summed E-state index contributed by atoms with van der Waals surface area (Å²) in [7, 11) is 2.09. The van der Waals surface area contributed by atoms with Gasteiger partial charge in [-0.2, -0.15) is 5.26 Å². The van der Waals surface area contributed by atoms with Crippen LogP contribution in [-0.2, 0) is 5.54 Å². The van der Waals surface area contributed by atoms with Crippen molar-refractivity contribution < 1.29 is 0 Å². The Labute approximate surface area is 123 Å². The van der Waals surface area contributed by atoms with Crippen LogP contribution in [0.25, 0.3) is 0 Å². The fraction of sp³-hybridized carbons (Fsp3) is 0.588. The Morgan fingerprint density at radius 3 is 2.45 bits per heavy atom. The lowest BCUT2D eigenvalue weighted by Crippen LogP contribution is -2.52. The maximum absolute atomic E-state index is 9.81. The zero-order chi connectivity index (χ0) is 15.0. The standard InChI is InChI=1S/C17H27N3/c1-5-6-12-20(4)14-17(13-18,19-15(2)3)16-10-8-7-9-11-16/h7-11,15,19H,5-6,12,14H2,1-4H3. The normalized spacial score (nSPS) is 14.2. The molecule has 0 amide bonds. The highest BCUT2D eigenvalue weighted by atomic mass is 15.2. The molecule has 0 aromatic heterocycles. The van der Waals surface area contributed by atoms with Crippen LogP contribution < -0.4 is 5.32 Å². The Hall–Kier alpha value is -1.37. The van der Waals surface area contributed by atoms with Gasteiger partial charge in [0.2, 0.25) is 0 Å². The van der Waals surface area contributed by atoms with Crippen molar-refractivity contribution in [2.75, 3.05) is 20.1 Å². The third kappa shape index (κ3) is 4.63. The number of likely N-dealkylation sites (N-methyl/N-ethyl adjacent to an activating group) is 1. The van der Waals surface area contributed by atoms with Crippen LogP contribution in [0.3, 0.4) is 0 Å². The fourth-order valence-electron chi connectivity index (χ4n) is 2.48. The minimum Gasteiger partial charge on any atom is -0.303 e. The van der Waals surface area contributed by atoms with E-state index in [4.69, 9.17) is 0 Å². The van der Waals surface area contributed by atoms with E-state index in [0.717, 1.165) is 18.5 Å². The number of benzene rings is 1. The molecule has 0 saturated carbocycles. The monoisotopic (exact) mass is 273 g/mol. The number of nitrogens with one attached hydrogen (secondary N) is 1. The second-order valence-electron chi connectivity index (χ2n) is 5.77. The van der Waals surface area contributed by atoms with Crippen LogP contribution in [0, 0.1) is 11.3 Å². The summed E-state index contributed by atoms with van der Waals surface area (Å²) in [6.45, 7) is 8.08. The molecule has 1 aromatic rings. The molecule has 0 aliphatic rings. The minimum atomic E-state index is -0.641. The zero-order valence-electron chi connectivity index (χ0n) is 13.2. The summed E-state index contributed by atoms with van der Waals surface area (Å²) in [5.41, 5.74) is 0.400. The molecule has 1 aromatic carbocycles.